The molecule has 2 heterocycles. The number of hydrogen-bond acceptors (Lipinski definition) is 7. The van der Waals surface area contributed by atoms with Gasteiger partial charge in [0.2, 0.25) is 17.7 Å². The van der Waals surface area contributed by atoms with E-state index in [0.717, 1.165) is 12.8 Å². The third-order valence-corrected chi connectivity index (χ3v) is 7.73. The van der Waals surface area contributed by atoms with Crippen LogP contribution in [0.3, 0.4) is 0 Å². The summed E-state index contributed by atoms with van der Waals surface area (Å²) in [6.07, 6.45) is 6.70. The summed E-state index contributed by atoms with van der Waals surface area (Å²) < 4.78 is 10.9. The Hall–Kier alpha value is -3.22. The monoisotopic (exact) mass is 572 g/mol. The molecule has 1 saturated carbocycles. The zero-order valence-electron chi connectivity index (χ0n) is 23.7. The van der Waals surface area contributed by atoms with E-state index in [1.165, 1.54) is 12.8 Å². The normalized spacial score (nSPS) is 25.0. The molecule has 4 rings (SSSR count). The van der Waals surface area contributed by atoms with E-state index < -0.39 is 12.1 Å². The van der Waals surface area contributed by atoms with Gasteiger partial charge in [-0.05, 0) is 50.7 Å². The van der Waals surface area contributed by atoms with Crippen molar-refractivity contribution < 1.29 is 28.7 Å². The molecule has 5 amide bonds. The minimum atomic E-state index is -0.800. The van der Waals surface area contributed by atoms with Crippen molar-refractivity contribution in [2.24, 2.45) is 0 Å². The predicted octanol–water partition coefficient (Wildman–Crippen LogP) is 1.13. The summed E-state index contributed by atoms with van der Waals surface area (Å²) in [5.74, 6) is -0.864. The predicted molar refractivity (Wildman–Crippen MR) is 153 cm³/mol. The fourth-order valence-electron chi connectivity index (χ4n) is 5.69. The van der Waals surface area contributed by atoms with Gasteiger partial charge in [-0.3, -0.25) is 14.4 Å². The number of nitrogens with zero attached hydrogens (tertiary/aromatic N) is 1. The van der Waals surface area contributed by atoms with Crippen molar-refractivity contribution in [3.8, 4) is 0 Å². The lowest BCUT2D eigenvalue weighted by Gasteiger charge is -2.29. The second-order valence-corrected chi connectivity index (χ2v) is 10.9. The molecule has 0 unspecified atom stereocenters. The molecule has 12 heteroatoms. The molecule has 5 N–H and O–H groups in total. The molecule has 3 aliphatic rings. The first-order chi connectivity index (χ1) is 20.0. The summed E-state index contributed by atoms with van der Waals surface area (Å²) in [6.45, 7) is 1.85. The van der Waals surface area contributed by atoms with Crippen molar-refractivity contribution in [1.29, 1.82) is 0 Å². The maximum Gasteiger partial charge on any atom is 0.319 e. The van der Waals surface area contributed by atoms with Crippen LogP contribution in [0, 0.1) is 0 Å². The smallest absolute Gasteiger partial charge is 0.319 e. The molecule has 0 spiro atoms. The summed E-state index contributed by atoms with van der Waals surface area (Å²) >= 11 is 0. The average molecular weight is 573 g/mol. The molecule has 0 bridgehead atoms. The summed E-state index contributed by atoms with van der Waals surface area (Å²) in [5.41, 5.74) is 0.701. The number of carbonyl (C=O) groups is 4. The van der Waals surface area contributed by atoms with Crippen LogP contribution < -0.4 is 26.6 Å². The molecule has 2 saturated heterocycles. The first-order valence-electron chi connectivity index (χ1n) is 14.9. The molecule has 1 aromatic carbocycles. The number of benzene rings is 1. The number of nitrogens with one attached hydrogen (secondary N) is 5. The zero-order valence-corrected chi connectivity index (χ0v) is 23.7. The van der Waals surface area contributed by atoms with Gasteiger partial charge >= 0.3 is 6.03 Å². The van der Waals surface area contributed by atoms with Gasteiger partial charge in [-0.15, -0.1) is 0 Å². The molecule has 1 aromatic rings. The Morgan fingerprint density at radius 2 is 1.76 bits per heavy atom. The van der Waals surface area contributed by atoms with Gasteiger partial charge in [-0.2, -0.15) is 0 Å². The second kappa shape index (κ2) is 16.3. The van der Waals surface area contributed by atoms with Gasteiger partial charge in [-0.25, -0.2) is 4.79 Å². The maximum absolute atomic E-state index is 13.9. The van der Waals surface area contributed by atoms with Crippen LogP contribution >= 0.6 is 0 Å². The number of carbonyl (C=O) groups excluding carboxylic acids is 4. The van der Waals surface area contributed by atoms with E-state index in [4.69, 9.17) is 9.47 Å². The lowest BCUT2D eigenvalue weighted by atomic mass is 10.1. The fraction of sp³-hybridized carbons (Fsp3) is 0.655. The highest BCUT2D eigenvalue weighted by Gasteiger charge is 2.42. The quantitative estimate of drug-likeness (QED) is 0.293. The standard InChI is InChI=1S/C29H44N6O6/c36-26-20-41-17-16-40-15-14-30-27(37)25-18-23(32-21-10-4-5-11-21)19-35(25)28(38)24(34-26)12-6-7-13-31-29(39)33-22-8-2-1-3-9-22/h1-3,8-9,21,23-25,32H,4-7,10-20H2,(H,30,37)(H,34,36)(H2,31,33,39)/t23-,24-,25-/m0/s1. The number of anilines is 1. The van der Waals surface area contributed by atoms with Gasteiger partial charge in [-0.1, -0.05) is 31.0 Å². The van der Waals surface area contributed by atoms with E-state index >= 15 is 0 Å². The van der Waals surface area contributed by atoms with Crippen molar-refractivity contribution >= 4 is 29.4 Å². The van der Waals surface area contributed by atoms with Crippen molar-refractivity contribution in [1.82, 2.24) is 26.2 Å². The van der Waals surface area contributed by atoms with Gasteiger partial charge in [0.15, 0.2) is 0 Å². The Morgan fingerprint density at radius 1 is 0.976 bits per heavy atom. The molecule has 41 heavy (non-hydrogen) atoms. The number of ether oxygens (including phenoxy) is 2. The highest BCUT2D eigenvalue weighted by atomic mass is 16.5. The lowest BCUT2D eigenvalue weighted by Crippen LogP contribution is -2.54. The number of unbranched alkanes of at least 4 members (excludes halogenated alkanes) is 1. The van der Waals surface area contributed by atoms with E-state index in [-0.39, 0.29) is 43.0 Å². The number of para-hydroxylation sites is 1. The van der Waals surface area contributed by atoms with Crippen LogP contribution in [0.1, 0.15) is 51.4 Å². The molecule has 0 radical (unpaired) electrons. The molecule has 2 aliphatic heterocycles. The molecular weight excluding hydrogens is 528 g/mol. The molecule has 1 aliphatic carbocycles. The fourth-order valence-corrected chi connectivity index (χ4v) is 5.69. The first kappa shape index (κ1) is 30.7. The number of hydrogen-bond donors (Lipinski definition) is 5. The summed E-state index contributed by atoms with van der Waals surface area (Å²) in [6, 6.07) is 7.87. The first-order valence-corrected chi connectivity index (χ1v) is 14.9. The van der Waals surface area contributed by atoms with Crippen LogP contribution in [0.15, 0.2) is 30.3 Å². The Balaban J connectivity index is 1.36. The van der Waals surface area contributed by atoms with Crippen molar-refractivity contribution in [3.63, 3.8) is 0 Å². The van der Waals surface area contributed by atoms with Gasteiger partial charge in [0.25, 0.3) is 0 Å². The third kappa shape index (κ3) is 9.98. The minimum absolute atomic E-state index is 0.0138. The number of rotatable bonds is 8. The molecular formula is C29H44N6O6. The van der Waals surface area contributed by atoms with Crippen molar-refractivity contribution in [3.05, 3.63) is 30.3 Å². The van der Waals surface area contributed by atoms with E-state index in [9.17, 15) is 19.2 Å². The van der Waals surface area contributed by atoms with Gasteiger partial charge in [0, 0.05) is 37.4 Å². The lowest BCUT2D eigenvalue weighted by molar-refractivity contribution is -0.142. The number of amides is 5. The Bertz CT molecular complexity index is 1000. The van der Waals surface area contributed by atoms with Crippen LogP contribution in [-0.4, -0.2) is 98.9 Å². The summed E-state index contributed by atoms with van der Waals surface area (Å²) in [5, 5.41) is 15.0. The molecule has 3 fully saturated rings. The Kier molecular flexibility index (Phi) is 12.2. The Labute approximate surface area is 241 Å². The summed E-state index contributed by atoms with van der Waals surface area (Å²) in [4.78, 5) is 53.5. The zero-order chi connectivity index (χ0) is 28.9. The van der Waals surface area contributed by atoms with Gasteiger partial charge in [0.1, 0.15) is 18.7 Å². The molecule has 0 aromatic heterocycles. The summed E-state index contributed by atoms with van der Waals surface area (Å²) in [7, 11) is 0. The van der Waals surface area contributed by atoms with Crippen molar-refractivity contribution in [2.45, 2.75) is 75.5 Å². The van der Waals surface area contributed by atoms with Crippen LogP contribution in [0.4, 0.5) is 10.5 Å². The van der Waals surface area contributed by atoms with Crippen LogP contribution in [0.5, 0.6) is 0 Å². The van der Waals surface area contributed by atoms with E-state index in [2.05, 4.69) is 26.6 Å². The molecule has 3 atom stereocenters. The average Bonchev–Trinajstić information content (AvgIpc) is 3.63. The largest absolute Gasteiger partial charge is 0.377 e. The van der Waals surface area contributed by atoms with Gasteiger partial charge < -0.3 is 41.0 Å². The number of fused-ring (bicyclic) bond motifs is 1. The van der Waals surface area contributed by atoms with E-state index in [1.54, 1.807) is 17.0 Å². The maximum atomic E-state index is 13.9. The SMILES string of the molecule is O=C1COCCOCCNC(=O)[C@@H]2C[C@H](NC3CCCC3)CN2C(=O)[C@H](CCCCNC(=O)Nc2ccccc2)N1. The highest BCUT2D eigenvalue weighted by Crippen LogP contribution is 2.24. The third-order valence-electron chi connectivity index (χ3n) is 7.73. The van der Waals surface area contributed by atoms with E-state index in [1.807, 2.05) is 18.2 Å². The van der Waals surface area contributed by atoms with Crippen LogP contribution in [-0.2, 0) is 23.9 Å². The topological polar surface area (TPSA) is 150 Å². The highest BCUT2D eigenvalue weighted by molar-refractivity contribution is 5.93. The van der Waals surface area contributed by atoms with Crippen LogP contribution in [0.25, 0.3) is 0 Å². The van der Waals surface area contributed by atoms with Crippen molar-refractivity contribution in [2.75, 3.05) is 51.4 Å². The Morgan fingerprint density at radius 3 is 2.56 bits per heavy atom. The second-order valence-electron chi connectivity index (χ2n) is 10.9. The van der Waals surface area contributed by atoms with Crippen LogP contribution in [0.2, 0.25) is 0 Å². The van der Waals surface area contributed by atoms with E-state index in [0.29, 0.717) is 70.3 Å². The minimum Gasteiger partial charge on any atom is -0.377 e. The number of urea groups is 1. The molecule has 12 nitrogen and oxygen atoms in total. The molecule has 226 valence electrons. The van der Waals surface area contributed by atoms with Gasteiger partial charge in [0.05, 0.1) is 19.8 Å².